The minimum atomic E-state index is 0.433. The van der Waals surface area contributed by atoms with Gasteiger partial charge in [-0.15, -0.1) is 0 Å². The van der Waals surface area contributed by atoms with Gasteiger partial charge in [-0.3, -0.25) is 9.88 Å². The average molecular weight is 340 g/mol. The average Bonchev–Trinajstić information content (AvgIpc) is 2.63. The second kappa shape index (κ2) is 7.78. The Bertz CT molecular complexity index is 702. The number of hydrogen-bond acceptors (Lipinski definition) is 6. The van der Waals surface area contributed by atoms with Gasteiger partial charge in [0.15, 0.2) is 0 Å². The minimum Gasteiger partial charge on any atom is -0.363 e. The molecule has 0 N–H and O–H groups in total. The molecule has 1 unspecified atom stereocenters. The predicted octanol–water partition coefficient (Wildman–Crippen LogP) is 2.35. The van der Waals surface area contributed by atoms with Crippen molar-refractivity contribution < 1.29 is 0 Å². The third-order valence-electron chi connectivity index (χ3n) is 4.94. The molecule has 0 radical (unpaired) electrons. The van der Waals surface area contributed by atoms with Crippen LogP contribution < -0.4 is 9.80 Å². The van der Waals surface area contributed by atoms with E-state index in [2.05, 4.69) is 44.8 Å². The molecule has 1 fully saturated rings. The van der Waals surface area contributed by atoms with Crippen molar-refractivity contribution in [1.29, 1.82) is 0 Å². The van der Waals surface area contributed by atoms with E-state index >= 15 is 0 Å². The molecule has 25 heavy (non-hydrogen) atoms. The number of likely N-dealkylation sites (tertiary alicyclic amines) is 1. The minimum absolute atomic E-state index is 0.433. The monoisotopic (exact) mass is 340 g/mol. The van der Waals surface area contributed by atoms with E-state index in [0.29, 0.717) is 6.04 Å². The number of anilines is 2. The Morgan fingerprint density at radius 3 is 2.76 bits per heavy atom. The van der Waals surface area contributed by atoms with Gasteiger partial charge in [-0.1, -0.05) is 6.07 Å². The highest BCUT2D eigenvalue weighted by Gasteiger charge is 2.25. The van der Waals surface area contributed by atoms with E-state index < -0.39 is 0 Å². The van der Waals surface area contributed by atoms with E-state index in [1.165, 1.54) is 18.4 Å². The van der Waals surface area contributed by atoms with E-state index in [9.17, 15) is 0 Å². The number of rotatable bonds is 5. The van der Waals surface area contributed by atoms with Gasteiger partial charge in [0.2, 0.25) is 5.95 Å². The van der Waals surface area contributed by atoms with Gasteiger partial charge < -0.3 is 9.80 Å². The van der Waals surface area contributed by atoms with Gasteiger partial charge >= 0.3 is 0 Å². The van der Waals surface area contributed by atoms with E-state index in [-0.39, 0.29) is 0 Å². The molecule has 1 atom stereocenters. The summed E-state index contributed by atoms with van der Waals surface area (Å²) in [5.41, 5.74) is 2.44. The van der Waals surface area contributed by atoms with E-state index in [0.717, 1.165) is 37.1 Å². The molecule has 3 heterocycles. The van der Waals surface area contributed by atoms with Gasteiger partial charge in [0, 0.05) is 58.4 Å². The molecule has 6 nitrogen and oxygen atoms in total. The molecular formula is C19H28N6. The molecule has 6 heteroatoms. The molecule has 0 aliphatic carbocycles. The largest absolute Gasteiger partial charge is 0.363 e. The molecule has 0 aromatic carbocycles. The van der Waals surface area contributed by atoms with Crippen molar-refractivity contribution >= 4 is 11.8 Å². The highest BCUT2D eigenvalue weighted by molar-refractivity contribution is 5.42. The summed E-state index contributed by atoms with van der Waals surface area (Å²) in [7, 11) is 6.12. The first kappa shape index (κ1) is 17.6. The van der Waals surface area contributed by atoms with Crippen molar-refractivity contribution in [3.05, 3.63) is 41.9 Å². The van der Waals surface area contributed by atoms with Crippen molar-refractivity contribution in [3.63, 3.8) is 0 Å². The number of pyridine rings is 1. The van der Waals surface area contributed by atoms with Gasteiger partial charge in [0.25, 0.3) is 0 Å². The van der Waals surface area contributed by atoms with Crippen LogP contribution in [-0.2, 0) is 6.54 Å². The van der Waals surface area contributed by atoms with Gasteiger partial charge in [0.05, 0.1) is 0 Å². The van der Waals surface area contributed by atoms with Crippen LogP contribution in [-0.4, -0.2) is 60.1 Å². The molecule has 2 aromatic rings. The van der Waals surface area contributed by atoms with Crippen LogP contribution in [0.1, 0.15) is 24.1 Å². The van der Waals surface area contributed by atoms with Crippen LogP contribution in [0.15, 0.2) is 30.6 Å². The third kappa shape index (κ3) is 4.25. The van der Waals surface area contributed by atoms with Crippen LogP contribution >= 0.6 is 0 Å². The maximum atomic E-state index is 4.68. The van der Waals surface area contributed by atoms with E-state index in [4.69, 9.17) is 0 Å². The summed E-state index contributed by atoms with van der Waals surface area (Å²) in [5, 5.41) is 0. The molecule has 134 valence electrons. The lowest BCUT2D eigenvalue weighted by atomic mass is 10.0. The Balaban J connectivity index is 1.68. The first-order valence-electron chi connectivity index (χ1n) is 8.90. The van der Waals surface area contributed by atoms with Crippen LogP contribution in [0, 0.1) is 6.92 Å². The van der Waals surface area contributed by atoms with Crippen molar-refractivity contribution in [2.45, 2.75) is 32.4 Å². The van der Waals surface area contributed by atoms with Gasteiger partial charge in [0.1, 0.15) is 5.82 Å². The Hall–Kier alpha value is -2.21. The maximum Gasteiger partial charge on any atom is 0.227 e. The number of likely N-dealkylation sites (N-methyl/N-ethyl adjacent to an activating group) is 1. The fourth-order valence-corrected chi connectivity index (χ4v) is 3.34. The normalized spacial score (nSPS) is 18.2. The van der Waals surface area contributed by atoms with Gasteiger partial charge in [-0.05, 0) is 44.0 Å². The second-order valence-electron chi connectivity index (χ2n) is 7.00. The molecule has 1 aliphatic heterocycles. The quantitative estimate of drug-likeness (QED) is 0.833. The maximum absolute atomic E-state index is 4.68. The first-order valence-corrected chi connectivity index (χ1v) is 8.90. The molecule has 0 bridgehead atoms. The second-order valence-corrected chi connectivity index (χ2v) is 7.00. The number of aromatic nitrogens is 3. The zero-order valence-corrected chi connectivity index (χ0v) is 15.7. The Labute approximate surface area is 150 Å². The lowest BCUT2D eigenvalue weighted by Crippen LogP contribution is -2.46. The molecule has 3 rings (SSSR count). The zero-order valence-electron chi connectivity index (χ0n) is 15.7. The smallest absolute Gasteiger partial charge is 0.227 e. The van der Waals surface area contributed by atoms with Crippen LogP contribution in [0.2, 0.25) is 0 Å². The van der Waals surface area contributed by atoms with Crippen molar-refractivity contribution in [2.75, 3.05) is 44.0 Å². The van der Waals surface area contributed by atoms with Crippen LogP contribution in [0.4, 0.5) is 11.8 Å². The van der Waals surface area contributed by atoms with Gasteiger partial charge in [-0.25, -0.2) is 4.98 Å². The molecule has 1 aliphatic rings. The van der Waals surface area contributed by atoms with Crippen molar-refractivity contribution in [2.24, 2.45) is 0 Å². The van der Waals surface area contributed by atoms with Crippen LogP contribution in [0.3, 0.4) is 0 Å². The van der Waals surface area contributed by atoms with Gasteiger partial charge in [-0.2, -0.15) is 4.98 Å². The van der Waals surface area contributed by atoms with Crippen molar-refractivity contribution in [3.8, 4) is 0 Å². The van der Waals surface area contributed by atoms with E-state index in [1.54, 1.807) is 0 Å². The Morgan fingerprint density at radius 1 is 1.16 bits per heavy atom. The molecular weight excluding hydrogens is 312 g/mol. The summed E-state index contributed by atoms with van der Waals surface area (Å²) in [6, 6.07) is 6.58. The predicted molar refractivity (Wildman–Crippen MR) is 102 cm³/mol. The van der Waals surface area contributed by atoms with Crippen LogP contribution in [0.25, 0.3) is 0 Å². The summed E-state index contributed by atoms with van der Waals surface area (Å²) >= 11 is 0. The summed E-state index contributed by atoms with van der Waals surface area (Å²) in [6.45, 7) is 5.21. The number of nitrogens with zero attached hydrogens (tertiary/aromatic N) is 6. The third-order valence-corrected chi connectivity index (χ3v) is 4.94. The lowest BCUT2D eigenvalue weighted by Gasteiger charge is -2.38. The summed E-state index contributed by atoms with van der Waals surface area (Å²) in [5.74, 6) is 1.74. The zero-order chi connectivity index (χ0) is 17.8. The molecule has 0 amide bonds. The Morgan fingerprint density at radius 2 is 2.00 bits per heavy atom. The van der Waals surface area contributed by atoms with E-state index in [1.807, 2.05) is 43.5 Å². The van der Waals surface area contributed by atoms with Crippen molar-refractivity contribution in [1.82, 2.24) is 19.9 Å². The topological polar surface area (TPSA) is 48.4 Å². The molecule has 2 aromatic heterocycles. The van der Waals surface area contributed by atoms with Crippen LogP contribution in [0.5, 0.6) is 0 Å². The Kier molecular flexibility index (Phi) is 5.48. The standard InChI is InChI=1S/C19H28N6/c1-15-16(7-5-10-20-15)13-25-12-6-8-17(14-25)24(4)19-21-11-9-18(22-19)23(2)3/h5,7,9-11,17H,6,8,12-14H2,1-4H3. The highest BCUT2D eigenvalue weighted by Crippen LogP contribution is 2.21. The highest BCUT2D eigenvalue weighted by atomic mass is 15.3. The first-order chi connectivity index (χ1) is 12.0. The summed E-state index contributed by atoms with van der Waals surface area (Å²) in [4.78, 5) is 20.3. The SMILES string of the molecule is Cc1ncccc1CN1CCCC(N(C)c2nccc(N(C)C)n2)C1. The fraction of sp³-hybridized carbons (Fsp3) is 0.526. The number of piperidine rings is 1. The lowest BCUT2D eigenvalue weighted by molar-refractivity contribution is 0.197. The summed E-state index contributed by atoms with van der Waals surface area (Å²) in [6.07, 6.45) is 6.07. The number of aryl methyl sites for hydroxylation is 1. The fourth-order valence-electron chi connectivity index (χ4n) is 3.34. The molecule has 0 spiro atoms. The molecule has 1 saturated heterocycles. The molecule has 0 saturated carbocycles. The number of hydrogen-bond donors (Lipinski definition) is 0. The summed E-state index contributed by atoms with van der Waals surface area (Å²) < 4.78 is 0.